The van der Waals surface area contributed by atoms with Gasteiger partial charge < -0.3 is 10.0 Å². The minimum absolute atomic E-state index is 0.118. The summed E-state index contributed by atoms with van der Waals surface area (Å²) in [7, 11) is 0. The zero-order chi connectivity index (χ0) is 20.7. The molecule has 1 atom stereocenters. The van der Waals surface area contributed by atoms with Crippen molar-refractivity contribution in [2.45, 2.75) is 71.6 Å². The molecule has 2 aromatic heterocycles. The second-order valence-electron chi connectivity index (χ2n) is 7.83. The molecule has 0 saturated heterocycles. The Kier molecular flexibility index (Phi) is 8.07. The molecular weight excluding hydrogens is 392 g/mol. The first-order valence-corrected chi connectivity index (χ1v) is 11.4. The molecule has 1 N–H and O–H groups in total. The number of carbonyl (C=O) groups is 2. The molecule has 0 fully saturated rings. The van der Waals surface area contributed by atoms with E-state index in [1.165, 1.54) is 4.90 Å². The molecular formula is C21H30N2O3S2. The van der Waals surface area contributed by atoms with Gasteiger partial charge in [-0.25, -0.2) is 4.79 Å². The van der Waals surface area contributed by atoms with Gasteiger partial charge in [0.05, 0.1) is 13.1 Å². The second-order valence-corrected chi connectivity index (χ2v) is 9.90. The summed E-state index contributed by atoms with van der Waals surface area (Å²) >= 11 is 3.22. The Morgan fingerprint density at radius 2 is 1.61 bits per heavy atom. The maximum absolute atomic E-state index is 13.6. The summed E-state index contributed by atoms with van der Waals surface area (Å²) in [6.07, 6.45) is 1.21. The van der Waals surface area contributed by atoms with Crippen LogP contribution in [-0.4, -0.2) is 38.5 Å². The molecule has 2 heterocycles. The Hall–Kier alpha value is -1.86. The van der Waals surface area contributed by atoms with Gasteiger partial charge in [-0.2, -0.15) is 0 Å². The van der Waals surface area contributed by atoms with Gasteiger partial charge in [0.15, 0.2) is 0 Å². The van der Waals surface area contributed by atoms with Gasteiger partial charge in [0.2, 0.25) is 5.91 Å². The van der Waals surface area contributed by atoms with Crippen LogP contribution in [0.4, 0.5) is 4.79 Å². The molecule has 7 heteroatoms. The standard InChI is InChI=1S/C21H30N2O3S2/c1-5-6-11-18(23(20(25)26)21(2,3)4)19(24)22(14-16-9-7-12-27-16)15-17-10-8-13-28-17/h7-10,12-13,18H,5-6,11,14-15H2,1-4H3,(H,25,26)/t18-/m0/s1. The monoisotopic (exact) mass is 422 g/mol. The normalized spacial score (nSPS) is 12.6. The van der Waals surface area contributed by atoms with Gasteiger partial charge in [0, 0.05) is 15.3 Å². The molecule has 154 valence electrons. The van der Waals surface area contributed by atoms with Crippen molar-refractivity contribution in [2.24, 2.45) is 0 Å². The fraction of sp³-hybridized carbons (Fsp3) is 0.524. The summed E-state index contributed by atoms with van der Waals surface area (Å²) in [4.78, 5) is 31.0. The van der Waals surface area contributed by atoms with Crippen LogP contribution in [0.2, 0.25) is 0 Å². The summed E-state index contributed by atoms with van der Waals surface area (Å²) in [5.74, 6) is -0.118. The average Bonchev–Trinajstić information content (AvgIpc) is 3.29. The molecule has 5 nitrogen and oxygen atoms in total. The highest BCUT2D eigenvalue weighted by Gasteiger charge is 2.39. The lowest BCUT2D eigenvalue weighted by Gasteiger charge is -2.40. The van der Waals surface area contributed by atoms with Crippen LogP contribution in [0.5, 0.6) is 0 Å². The van der Waals surface area contributed by atoms with E-state index in [0.29, 0.717) is 19.5 Å². The summed E-state index contributed by atoms with van der Waals surface area (Å²) in [5.41, 5.74) is -0.655. The molecule has 0 bridgehead atoms. The van der Waals surface area contributed by atoms with Crippen molar-refractivity contribution >= 4 is 34.7 Å². The van der Waals surface area contributed by atoms with Crippen LogP contribution in [0.1, 0.15) is 56.7 Å². The van der Waals surface area contributed by atoms with Gasteiger partial charge >= 0.3 is 6.09 Å². The van der Waals surface area contributed by atoms with Crippen molar-refractivity contribution in [1.29, 1.82) is 0 Å². The molecule has 0 aliphatic rings. The predicted octanol–water partition coefficient (Wildman–Crippen LogP) is 5.68. The van der Waals surface area contributed by atoms with Gasteiger partial charge in [-0.05, 0) is 50.1 Å². The molecule has 0 aliphatic heterocycles. The lowest BCUT2D eigenvalue weighted by Crippen LogP contribution is -2.57. The summed E-state index contributed by atoms with van der Waals surface area (Å²) in [6.45, 7) is 8.57. The van der Waals surface area contributed by atoms with Gasteiger partial charge in [0.1, 0.15) is 6.04 Å². The maximum Gasteiger partial charge on any atom is 0.408 e. The number of hydrogen-bond acceptors (Lipinski definition) is 4. The second kappa shape index (κ2) is 10.1. The topological polar surface area (TPSA) is 60.9 Å². The zero-order valence-electron chi connectivity index (χ0n) is 17.1. The van der Waals surface area contributed by atoms with E-state index in [2.05, 4.69) is 6.92 Å². The molecule has 2 aromatic rings. The van der Waals surface area contributed by atoms with Crippen LogP contribution in [-0.2, 0) is 17.9 Å². The van der Waals surface area contributed by atoms with E-state index in [-0.39, 0.29) is 5.91 Å². The Morgan fingerprint density at radius 1 is 1.07 bits per heavy atom. The van der Waals surface area contributed by atoms with Crippen molar-refractivity contribution < 1.29 is 14.7 Å². The van der Waals surface area contributed by atoms with E-state index in [4.69, 9.17) is 0 Å². The van der Waals surface area contributed by atoms with Crippen LogP contribution in [0.25, 0.3) is 0 Å². The van der Waals surface area contributed by atoms with Crippen LogP contribution >= 0.6 is 22.7 Å². The molecule has 0 saturated carbocycles. The Labute approximate surface area is 175 Å². The zero-order valence-corrected chi connectivity index (χ0v) is 18.7. The third kappa shape index (κ3) is 6.07. The Morgan fingerprint density at radius 3 is 1.96 bits per heavy atom. The molecule has 0 aliphatic carbocycles. The quantitative estimate of drug-likeness (QED) is 0.566. The van der Waals surface area contributed by atoms with Crippen LogP contribution in [0.3, 0.4) is 0 Å². The van der Waals surface area contributed by atoms with E-state index in [0.717, 1.165) is 22.6 Å². The Balaban J connectivity index is 2.35. The van der Waals surface area contributed by atoms with Crippen LogP contribution < -0.4 is 0 Å². The fourth-order valence-electron chi connectivity index (χ4n) is 3.25. The van der Waals surface area contributed by atoms with Crippen LogP contribution in [0, 0.1) is 0 Å². The number of thiophene rings is 2. The molecule has 0 aromatic carbocycles. The number of rotatable bonds is 9. The number of unbranched alkanes of at least 4 members (excludes halogenated alkanes) is 1. The Bertz CT molecular complexity index is 700. The number of carbonyl (C=O) groups excluding carboxylic acids is 1. The smallest absolute Gasteiger partial charge is 0.408 e. The molecule has 0 radical (unpaired) electrons. The summed E-state index contributed by atoms with van der Waals surface area (Å²) in [5, 5.41) is 13.9. The number of amides is 2. The van der Waals surface area contributed by atoms with Crippen molar-refractivity contribution in [3.05, 3.63) is 44.8 Å². The van der Waals surface area contributed by atoms with Gasteiger partial charge in [-0.15, -0.1) is 22.7 Å². The van der Waals surface area contributed by atoms with E-state index in [9.17, 15) is 14.7 Å². The van der Waals surface area contributed by atoms with E-state index in [1.54, 1.807) is 27.6 Å². The number of hydrogen-bond donors (Lipinski definition) is 1. The summed E-state index contributed by atoms with van der Waals surface area (Å²) in [6, 6.07) is 7.29. The third-order valence-electron chi connectivity index (χ3n) is 4.52. The average molecular weight is 423 g/mol. The molecule has 2 amide bonds. The minimum Gasteiger partial charge on any atom is -0.465 e. The lowest BCUT2D eigenvalue weighted by atomic mass is 9.99. The van der Waals surface area contributed by atoms with Gasteiger partial charge in [-0.1, -0.05) is 31.9 Å². The SMILES string of the molecule is CCCC[C@@H](C(=O)N(Cc1cccs1)Cc1cccs1)N(C(=O)O)C(C)(C)C. The van der Waals surface area contributed by atoms with E-state index < -0.39 is 17.7 Å². The van der Waals surface area contributed by atoms with E-state index >= 15 is 0 Å². The largest absolute Gasteiger partial charge is 0.465 e. The first-order chi connectivity index (χ1) is 13.2. The first kappa shape index (κ1) is 22.4. The molecule has 28 heavy (non-hydrogen) atoms. The highest BCUT2D eigenvalue weighted by atomic mass is 32.1. The maximum atomic E-state index is 13.6. The van der Waals surface area contributed by atoms with Gasteiger partial charge in [-0.3, -0.25) is 9.69 Å². The fourth-order valence-corrected chi connectivity index (χ4v) is 4.69. The van der Waals surface area contributed by atoms with E-state index in [1.807, 2.05) is 55.8 Å². The molecule has 2 rings (SSSR count). The van der Waals surface area contributed by atoms with Crippen molar-refractivity contribution in [2.75, 3.05) is 0 Å². The first-order valence-electron chi connectivity index (χ1n) is 9.59. The van der Waals surface area contributed by atoms with Crippen LogP contribution in [0.15, 0.2) is 35.0 Å². The lowest BCUT2D eigenvalue weighted by molar-refractivity contribution is -0.139. The minimum atomic E-state index is -1.05. The predicted molar refractivity (Wildman–Crippen MR) is 116 cm³/mol. The molecule has 0 spiro atoms. The van der Waals surface area contributed by atoms with Gasteiger partial charge in [0.25, 0.3) is 0 Å². The van der Waals surface area contributed by atoms with Crippen molar-refractivity contribution in [1.82, 2.24) is 9.80 Å². The highest BCUT2D eigenvalue weighted by molar-refractivity contribution is 7.10. The number of nitrogens with zero attached hydrogens (tertiary/aromatic N) is 2. The highest BCUT2D eigenvalue weighted by Crippen LogP contribution is 2.25. The molecule has 0 unspecified atom stereocenters. The third-order valence-corrected chi connectivity index (χ3v) is 6.24. The summed E-state index contributed by atoms with van der Waals surface area (Å²) < 4.78 is 0. The number of carboxylic acid groups (broad SMARTS) is 1. The van der Waals surface area contributed by atoms with Crippen molar-refractivity contribution in [3.8, 4) is 0 Å². The van der Waals surface area contributed by atoms with Crippen molar-refractivity contribution in [3.63, 3.8) is 0 Å².